The van der Waals surface area contributed by atoms with E-state index in [0.717, 1.165) is 34.4 Å². The predicted octanol–water partition coefficient (Wildman–Crippen LogP) is 5.71. The number of nitrogens with zero attached hydrogens (tertiary/aromatic N) is 5. The van der Waals surface area contributed by atoms with E-state index in [1.165, 1.54) is 0 Å². The van der Waals surface area contributed by atoms with Crippen LogP contribution in [-0.2, 0) is 14.3 Å². The maximum Gasteiger partial charge on any atom is 0.405 e. The van der Waals surface area contributed by atoms with Crippen LogP contribution in [0, 0.1) is 0 Å². The molecule has 4 heterocycles. The van der Waals surface area contributed by atoms with Crippen molar-refractivity contribution in [2.24, 2.45) is 0 Å². The molecule has 1 aliphatic rings. The number of aromatic nitrogens is 6. The van der Waals surface area contributed by atoms with E-state index in [9.17, 15) is 19.5 Å². The third kappa shape index (κ3) is 8.48. The lowest BCUT2D eigenvalue weighted by molar-refractivity contribution is -0.134. The van der Waals surface area contributed by atoms with Crippen molar-refractivity contribution in [2.75, 3.05) is 20.4 Å². The van der Waals surface area contributed by atoms with Gasteiger partial charge in [-0.2, -0.15) is 0 Å². The molecule has 15 heteroatoms. The number of ether oxygens (including phenoxy) is 1. The van der Waals surface area contributed by atoms with Gasteiger partial charge in [0.05, 0.1) is 42.6 Å². The fourth-order valence-corrected chi connectivity index (χ4v) is 6.85. The minimum atomic E-state index is -1.27. The van der Waals surface area contributed by atoms with Crippen LogP contribution in [0.2, 0.25) is 0 Å². The Morgan fingerprint density at radius 3 is 2.07 bits per heavy atom. The Labute approximate surface area is 323 Å². The third-order valence-corrected chi connectivity index (χ3v) is 9.70. The van der Waals surface area contributed by atoms with Gasteiger partial charge in [-0.3, -0.25) is 14.9 Å². The number of benzene rings is 3. The molecule has 0 spiro atoms. The number of likely N-dealkylation sites (tertiary alicyclic amines) is 1. The molecule has 15 nitrogen and oxygen atoms in total. The van der Waals surface area contributed by atoms with Gasteiger partial charge >= 0.3 is 6.09 Å². The Morgan fingerprint density at radius 1 is 0.786 bits per heavy atom. The molecule has 286 valence electrons. The highest BCUT2D eigenvalue weighted by Gasteiger charge is 2.37. The summed E-state index contributed by atoms with van der Waals surface area (Å²) in [5, 5.41) is 18.0. The van der Waals surface area contributed by atoms with Gasteiger partial charge < -0.3 is 35.3 Å². The van der Waals surface area contributed by atoms with E-state index in [1.54, 1.807) is 61.1 Å². The number of methoxy groups -OCH3 is 1. The SMILES string of the molecule is COCN[C@@H](C(=O)N[C@@H](C)c1ncc(-c2ccc(-c3ncc(-c4cnc([C@@H]5CCCN5C(=O)[C@H](NC(=O)O)c5ccccc5)[nH]4)cn3)cc2)[nH]1)c1ccccc1. The minimum absolute atomic E-state index is 0.195. The van der Waals surface area contributed by atoms with Gasteiger partial charge in [-0.25, -0.2) is 24.7 Å². The zero-order chi connectivity index (χ0) is 39.0. The molecule has 3 aromatic carbocycles. The highest BCUT2D eigenvalue weighted by molar-refractivity contribution is 5.87. The number of imidazole rings is 2. The van der Waals surface area contributed by atoms with Gasteiger partial charge in [-0.15, -0.1) is 0 Å². The lowest BCUT2D eigenvalue weighted by atomic mass is 10.1. The fraction of sp³-hybridized carbons (Fsp3) is 0.244. The van der Waals surface area contributed by atoms with Gasteiger partial charge in [0.2, 0.25) is 5.91 Å². The predicted molar refractivity (Wildman–Crippen MR) is 207 cm³/mol. The van der Waals surface area contributed by atoms with Crippen LogP contribution in [-0.4, -0.2) is 78.2 Å². The number of aromatic amines is 2. The van der Waals surface area contributed by atoms with Crippen LogP contribution in [0.15, 0.2) is 110 Å². The second-order valence-corrected chi connectivity index (χ2v) is 13.4. The summed E-state index contributed by atoms with van der Waals surface area (Å²) in [7, 11) is 1.57. The van der Waals surface area contributed by atoms with Gasteiger partial charge in [0.25, 0.3) is 5.91 Å². The molecule has 3 aromatic heterocycles. The molecular formula is C41H42N10O5. The van der Waals surface area contributed by atoms with Gasteiger partial charge in [0.1, 0.15) is 23.7 Å². The van der Waals surface area contributed by atoms with E-state index in [4.69, 9.17) is 4.74 Å². The van der Waals surface area contributed by atoms with Crippen LogP contribution in [0.5, 0.6) is 0 Å². The molecule has 1 aliphatic heterocycles. The molecule has 0 radical (unpaired) electrons. The van der Waals surface area contributed by atoms with E-state index in [0.29, 0.717) is 41.7 Å². The lowest BCUT2D eigenvalue weighted by Crippen LogP contribution is -2.42. The number of carbonyl (C=O) groups is 3. The average molecular weight is 755 g/mol. The van der Waals surface area contributed by atoms with Crippen LogP contribution in [0.1, 0.15) is 66.7 Å². The first-order valence-corrected chi connectivity index (χ1v) is 18.2. The van der Waals surface area contributed by atoms with E-state index < -0.39 is 18.2 Å². The van der Waals surface area contributed by atoms with Crippen molar-refractivity contribution in [1.29, 1.82) is 0 Å². The summed E-state index contributed by atoms with van der Waals surface area (Å²) in [5.74, 6) is 1.26. The molecule has 4 atom stereocenters. The Kier molecular flexibility index (Phi) is 11.5. The standard InChI is InChI=1S/C41H42N10O5/c1-25(47-39(52)34(46-24-56-2)27-10-5-3-6-11-27)36-44-22-31(48-36)26-15-17-29(18-16-26)37-42-20-30(21-43-37)32-23-45-38(49-32)33-14-9-19-51(33)40(53)35(50-41(54)55)28-12-7-4-8-13-28/h3-8,10-13,15-18,20-23,25,33-35,46,50H,9,14,19,24H2,1-2H3,(H,44,48)(H,45,49)(H,47,52)(H,54,55)/t25-,33-,34+,35+/m0/s1. The number of rotatable bonds is 14. The Bertz CT molecular complexity index is 2240. The lowest BCUT2D eigenvalue weighted by Gasteiger charge is -2.28. The fourth-order valence-electron chi connectivity index (χ4n) is 6.85. The number of carbonyl (C=O) groups excluding carboxylic acids is 2. The molecule has 56 heavy (non-hydrogen) atoms. The summed E-state index contributed by atoms with van der Waals surface area (Å²) >= 11 is 0. The van der Waals surface area contributed by atoms with E-state index in [2.05, 4.69) is 45.9 Å². The number of nitrogens with one attached hydrogen (secondary N) is 5. The highest BCUT2D eigenvalue weighted by Crippen LogP contribution is 2.34. The first kappa shape index (κ1) is 37.6. The van der Waals surface area contributed by atoms with Crippen molar-refractivity contribution in [3.8, 4) is 33.9 Å². The Morgan fingerprint density at radius 2 is 1.41 bits per heavy atom. The molecule has 6 aromatic rings. The number of hydrogen-bond acceptors (Lipinski definition) is 9. The number of H-pyrrole nitrogens is 2. The summed E-state index contributed by atoms with van der Waals surface area (Å²) in [6.45, 7) is 2.59. The zero-order valence-electron chi connectivity index (χ0n) is 30.8. The number of amides is 3. The van der Waals surface area contributed by atoms with E-state index >= 15 is 0 Å². The summed E-state index contributed by atoms with van der Waals surface area (Å²) < 4.78 is 5.15. The average Bonchev–Trinajstić information content (AvgIpc) is 4.03. The molecule has 0 bridgehead atoms. The van der Waals surface area contributed by atoms with Gasteiger partial charge in [-0.1, -0.05) is 84.9 Å². The number of carboxylic acid groups (broad SMARTS) is 1. The summed E-state index contributed by atoms with van der Waals surface area (Å²) in [6.07, 6.45) is 7.06. The van der Waals surface area contributed by atoms with Gasteiger partial charge in [-0.05, 0) is 36.5 Å². The quantitative estimate of drug-likeness (QED) is 0.0748. The first-order chi connectivity index (χ1) is 27.3. The summed E-state index contributed by atoms with van der Waals surface area (Å²) in [4.78, 5) is 65.2. The van der Waals surface area contributed by atoms with Crippen molar-refractivity contribution in [3.63, 3.8) is 0 Å². The Hall–Kier alpha value is -6.71. The molecule has 0 aliphatic carbocycles. The monoisotopic (exact) mass is 754 g/mol. The zero-order valence-corrected chi connectivity index (χ0v) is 30.8. The maximum atomic E-state index is 13.7. The first-order valence-electron chi connectivity index (χ1n) is 18.2. The van der Waals surface area contributed by atoms with Crippen LogP contribution in [0.4, 0.5) is 4.79 Å². The Balaban J connectivity index is 0.987. The highest BCUT2D eigenvalue weighted by atomic mass is 16.5. The van der Waals surface area contributed by atoms with Crippen LogP contribution in [0.3, 0.4) is 0 Å². The normalized spacial score (nSPS) is 15.5. The molecular weight excluding hydrogens is 713 g/mol. The number of hydrogen-bond donors (Lipinski definition) is 6. The molecule has 7 rings (SSSR count). The topological polar surface area (TPSA) is 203 Å². The molecule has 3 amide bonds. The van der Waals surface area contributed by atoms with Crippen LogP contribution < -0.4 is 16.0 Å². The van der Waals surface area contributed by atoms with Crippen molar-refractivity contribution in [1.82, 2.24) is 50.8 Å². The maximum absolute atomic E-state index is 13.7. The van der Waals surface area contributed by atoms with Crippen LogP contribution >= 0.6 is 0 Å². The van der Waals surface area contributed by atoms with Crippen molar-refractivity contribution in [3.05, 3.63) is 132 Å². The largest absolute Gasteiger partial charge is 0.465 e. The van der Waals surface area contributed by atoms with Crippen molar-refractivity contribution < 1.29 is 24.2 Å². The van der Waals surface area contributed by atoms with Crippen LogP contribution in [0.25, 0.3) is 33.9 Å². The van der Waals surface area contributed by atoms with Gasteiger partial charge in [0.15, 0.2) is 5.82 Å². The van der Waals surface area contributed by atoms with E-state index in [-0.39, 0.29) is 30.6 Å². The summed E-state index contributed by atoms with van der Waals surface area (Å²) in [5.41, 5.74) is 5.36. The van der Waals surface area contributed by atoms with Gasteiger partial charge in [0, 0.05) is 37.2 Å². The minimum Gasteiger partial charge on any atom is -0.465 e. The molecule has 1 fully saturated rings. The van der Waals surface area contributed by atoms with E-state index in [1.807, 2.05) is 67.6 Å². The molecule has 0 unspecified atom stereocenters. The van der Waals surface area contributed by atoms with Crippen molar-refractivity contribution in [2.45, 2.75) is 43.9 Å². The molecule has 6 N–H and O–H groups in total. The smallest absolute Gasteiger partial charge is 0.405 e. The second-order valence-electron chi connectivity index (χ2n) is 13.4. The second kappa shape index (κ2) is 17.2. The molecule has 1 saturated heterocycles. The third-order valence-electron chi connectivity index (χ3n) is 9.70. The molecule has 0 saturated carbocycles. The summed E-state index contributed by atoms with van der Waals surface area (Å²) in [6, 6.07) is 23.8. The van der Waals surface area contributed by atoms with Crippen molar-refractivity contribution >= 4 is 17.9 Å².